The summed E-state index contributed by atoms with van der Waals surface area (Å²) in [5, 5.41) is 6.61. The minimum absolute atomic E-state index is 0.0306. The zero-order chi connectivity index (χ0) is 20.5. The molecule has 1 amide bonds. The molecule has 0 aliphatic rings. The van der Waals surface area contributed by atoms with Gasteiger partial charge in [-0.05, 0) is 29.8 Å². The fourth-order valence-corrected chi connectivity index (χ4v) is 2.62. The van der Waals surface area contributed by atoms with Gasteiger partial charge in [0.05, 0.1) is 11.1 Å². The van der Waals surface area contributed by atoms with E-state index in [2.05, 4.69) is 10.4 Å². The van der Waals surface area contributed by atoms with Gasteiger partial charge in [0.2, 0.25) is 0 Å². The Labute approximate surface area is 156 Å². The van der Waals surface area contributed by atoms with Crippen LogP contribution in [0.4, 0.5) is 22.0 Å². The van der Waals surface area contributed by atoms with Crippen molar-refractivity contribution in [1.29, 1.82) is 0 Å². The maximum Gasteiger partial charge on any atom is 0.416 e. The standard InChI is InChI=1S/C19H14F5N3O/c1-27-10-15(17(26-27)14-7-6-13(20)8-16(14)21)18(28)25-9-11-2-4-12(5-3-11)19(22,23)24/h2-8,10H,9H2,1H3,(H,25,28). The van der Waals surface area contributed by atoms with Crippen LogP contribution in [0.25, 0.3) is 11.3 Å². The molecule has 0 unspecified atom stereocenters. The molecule has 3 aromatic rings. The zero-order valence-electron chi connectivity index (χ0n) is 14.5. The van der Waals surface area contributed by atoms with E-state index in [1.54, 1.807) is 0 Å². The van der Waals surface area contributed by atoms with Crippen molar-refractivity contribution >= 4 is 5.91 Å². The van der Waals surface area contributed by atoms with Crippen molar-refractivity contribution in [3.05, 3.63) is 77.0 Å². The lowest BCUT2D eigenvalue weighted by atomic mass is 10.1. The quantitative estimate of drug-likeness (QED) is 0.669. The molecule has 3 rings (SSSR count). The topological polar surface area (TPSA) is 46.9 Å². The van der Waals surface area contributed by atoms with Crippen LogP contribution < -0.4 is 5.32 Å². The number of hydrogen-bond acceptors (Lipinski definition) is 2. The summed E-state index contributed by atoms with van der Waals surface area (Å²) in [7, 11) is 1.54. The van der Waals surface area contributed by atoms with Crippen LogP contribution in [-0.4, -0.2) is 15.7 Å². The largest absolute Gasteiger partial charge is 0.416 e. The van der Waals surface area contributed by atoms with Crippen LogP contribution in [0.5, 0.6) is 0 Å². The predicted molar refractivity (Wildman–Crippen MR) is 91.2 cm³/mol. The van der Waals surface area contributed by atoms with Crippen molar-refractivity contribution in [1.82, 2.24) is 15.1 Å². The lowest BCUT2D eigenvalue weighted by molar-refractivity contribution is -0.137. The van der Waals surface area contributed by atoms with Gasteiger partial charge in [-0.2, -0.15) is 18.3 Å². The summed E-state index contributed by atoms with van der Waals surface area (Å²) in [6.45, 7) is -0.0306. The van der Waals surface area contributed by atoms with Crippen LogP contribution in [0.3, 0.4) is 0 Å². The Morgan fingerprint density at radius 3 is 2.39 bits per heavy atom. The van der Waals surface area contributed by atoms with E-state index in [-0.39, 0.29) is 23.4 Å². The van der Waals surface area contributed by atoms with Crippen LogP contribution in [0.1, 0.15) is 21.5 Å². The molecular formula is C19H14F5N3O. The van der Waals surface area contributed by atoms with Crippen LogP contribution >= 0.6 is 0 Å². The smallest absolute Gasteiger partial charge is 0.348 e. The highest BCUT2D eigenvalue weighted by Gasteiger charge is 2.30. The molecule has 1 heterocycles. The third-order valence-electron chi connectivity index (χ3n) is 3.99. The number of nitrogens with zero attached hydrogens (tertiary/aromatic N) is 2. The summed E-state index contributed by atoms with van der Waals surface area (Å²) >= 11 is 0. The highest BCUT2D eigenvalue weighted by atomic mass is 19.4. The molecule has 1 N–H and O–H groups in total. The van der Waals surface area contributed by atoms with Gasteiger partial charge in [-0.25, -0.2) is 8.78 Å². The molecule has 0 bridgehead atoms. The summed E-state index contributed by atoms with van der Waals surface area (Å²) in [5.74, 6) is -2.22. The molecule has 0 aliphatic heterocycles. The normalized spacial score (nSPS) is 11.5. The molecule has 0 aliphatic carbocycles. The van der Waals surface area contributed by atoms with Gasteiger partial charge in [-0.15, -0.1) is 0 Å². The van der Waals surface area contributed by atoms with Gasteiger partial charge < -0.3 is 5.32 Å². The molecule has 4 nitrogen and oxygen atoms in total. The number of nitrogens with one attached hydrogen (secondary N) is 1. The Balaban J connectivity index is 1.78. The number of alkyl halides is 3. The minimum atomic E-state index is -4.44. The Bertz CT molecular complexity index is 1010. The first-order valence-electron chi connectivity index (χ1n) is 8.08. The number of amides is 1. The average molecular weight is 395 g/mol. The fourth-order valence-electron chi connectivity index (χ4n) is 2.62. The first-order chi connectivity index (χ1) is 13.1. The van der Waals surface area contributed by atoms with Crippen molar-refractivity contribution in [2.75, 3.05) is 0 Å². The number of rotatable bonds is 4. The van der Waals surface area contributed by atoms with Gasteiger partial charge in [0, 0.05) is 31.4 Å². The van der Waals surface area contributed by atoms with Gasteiger partial charge in [-0.3, -0.25) is 9.48 Å². The monoisotopic (exact) mass is 395 g/mol. The summed E-state index contributed by atoms with van der Waals surface area (Å²) in [6, 6.07) is 7.28. The maximum atomic E-state index is 14.1. The van der Waals surface area contributed by atoms with Crippen molar-refractivity contribution in [2.45, 2.75) is 12.7 Å². The second kappa shape index (κ2) is 7.41. The van der Waals surface area contributed by atoms with Gasteiger partial charge >= 0.3 is 6.18 Å². The number of carbonyl (C=O) groups is 1. The Kier molecular flexibility index (Phi) is 5.17. The van der Waals surface area contributed by atoms with E-state index < -0.39 is 29.3 Å². The Hall–Kier alpha value is -3.23. The molecule has 28 heavy (non-hydrogen) atoms. The van der Waals surface area contributed by atoms with E-state index >= 15 is 0 Å². The number of hydrogen-bond donors (Lipinski definition) is 1. The summed E-state index contributed by atoms with van der Waals surface area (Å²) < 4.78 is 66.3. The van der Waals surface area contributed by atoms with E-state index in [1.165, 1.54) is 36.1 Å². The van der Waals surface area contributed by atoms with Crippen LogP contribution in [0.15, 0.2) is 48.7 Å². The maximum absolute atomic E-state index is 14.1. The Morgan fingerprint density at radius 1 is 1.11 bits per heavy atom. The molecule has 0 saturated heterocycles. The third-order valence-corrected chi connectivity index (χ3v) is 3.99. The molecule has 9 heteroatoms. The molecule has 0 spiro atoms. The van der Waals surface area contributed by atoms with Gasteiger partial charge in [0.15, 0.2) is 0 Å². The molecule has 0 fully saturated rings. The first kappa shape index (κ1) is 19.5. The van der Waals surface area contributed by atoms with Crippen LogP contribution in [0, 0.1) is 11.6 Å². The fraction of sp³-hybridized carbons (Fsp3) is 0.158. The van der Waals surface area contributed by atoms with Gasteiger partial charge in [0.1, 0.15) is 17.3 Å². The van der Waals surface area contributed by atoms with Crippen molar-refractivity contribution in [3.63, 3.8) is 0 Å². The lowest BCUT2D eigenvalue weighted by Gasteiger charge is -2.09. The van der Waals surface area contributed by atoms with Crippen LogP contribution in [-0.2, 0) is 19.8 Å². The molecule has 0 atom stereocenters. The second-order valence-electron chi connectivity index (χ2n) is 6.07. The van der Waals surface area contributed by atoms with E-state index in [1.807, 2.05) is 0 Å². The lowest BCUT2D eigenvalue weighted by Crippen LogP contribution is -2.23. The predicted octanol–water partition coefficient (Wildman–Crippen LogP) is 4.31. The average Bonchev–Trinajstić information content (AvgIpc) is 3.01. The molecular weight excluding hydrogens is 381 g/mol. The van der Waals surface area contributed by atoms with E-state index in [0.29, 0.717) is 11.6 Å². The van der Waals surface area contributed by atoms with Crippen molar-refractivity contribution < 1.29 is 26.7 Å². The molecule has 0 saturated carbocycles. The van der Waals surface area contributed by atoms with E-state index in [0.717, 1.165) is 18.2 Å². The third kappa shape index (κ3) is 4.19. The highest BCUT2D eigenvalue weighted by molar-refractivity contribution is 5.99. The summed E-state index contributed by atoms with van der Waals surface area (Å²) in [4.78, 5) is 12.5. The Morgan fingerprint density at radius 2 is 1.79 bits per heavy atom. The van der Waals surface area contributed by atoms with Crippen molar-refractivity contribution in [3.8, 4) is 11.3 Å². The molecule has 2 aromatic carbocycles. The summed E-state index contributed by atoms with van der Waals surface area (Å²) in [6.07, 6.45) is -3.06. The number of halogens is 5. The number of aryl methyl sites for hydroxylation is 1. The minimum Gasteiger partial charge on any atom is -0.348 e. The highest BCUT2D eigenvalue weighted by Crippen LogP contribution is 2.29. The van der Waals surface area contributed by atoms with Crippen molar-refractivity contribution in [2.24, 2.45) is 7.05 Å². The van der Waals surface area contributed by atoms with Gasteiger partial charge in [-0.1, -0.05) is 12.1 Å². The second-order valence-corrected chi connectivity index (χ2v) is 6.07. The first-order valence-corrected chi connectivity index (χ1v) is 8.08. The van der Waals surface area contributed by atoms with E-state index in [4.69, 9.17) is 0 Å². The van der Waals surface area contributed by atoms with Crippen LogP contribution in [0.2, 0.25) is 0 Å². The number of carbonyl (C=O) groups excluding carboxylic acids is 1. The SMILES string of the molecule is Cn1cc(C(=O)NCc2ccc(C(F)(F)F)cc2)c(-c2ccc(F)cc2F)n1. The molecule has 0 radical (unpaired) electrons. The van der Waals surface area contributed by atoms with E-state index in [9.17, 15) is 26.7 Å². The van der Waals surface area contributed by atoms with Gasteiger partial charge in [0.25, 0.3) is 5.91 Å². The number of benzene rings is 2. The summed E-state index contributed by atoms with van der Waals surface area (Å²) in [5.41, 5.74) is -0.282. The number of aromatic nitrogens is 2. The zero-order valence-corrected chi connectivity index (χ0v) is 14.5. The molecule has 146 valence electrons. The molecule has 1 aromatic heterocycles.